The van der Waals surface area contributed by atoms with Crippen molar-refractivity contribution in [2.24, 2.45) is 4.99 Å². The molecule has 3 atom stereocenters. The predicted molar refractivity (Wildman–Crippen MR) is 135 cm³/mol. The molecule has 5 nitrogen and oxygen atoms in total. The van der Waals surface area contributed by atoms with E-state index in [9.17, 15) is 0 Å². The van der Waals surface area contributed by atoms with Crippen LogP contribution in [0.25, 0.3) is 0 Å². The van der Waals surface area contributed by atoms with E-state index in [1.807, 2.05) is 7.05 Å². The van der Waals surface area contributed by atoms with Crippen LogP contribution in [0.2, 0.25) is 0 Å². The summed E-state index contributed by atoms with van der Waals surface area (Å²) in [5, 5.41) is 7.03. The van der Waals surface area contributed by atoms with Gasteiger partial charge in [0, 0.05) is 44.5 Å². The number of nitrogens with one attached hydrogen (secondary N) is 2. The Bertz CT molecular complexity index is 656. The number of hydrogen-bond acceptors (Lipinski definition) is 4. The predicted octanol–water partition coefficient (Wildman–Crippen LogP) is 3.86. The largest absolute Gasteiger partial charge is 0.373 e. The molecule has 2 fully saturated rings. The van der Waals surface area contributed by atoms with Gasteiger partial charge in [-0.3, -0.25) is 9.89 Å². The summed E-state index contributed by atoms with van der Waals surface area (Å²) in [5.41, 5.74) is 2.71. The Morgan fingerprint density at radius 2 is 1.90 bits per heavy atom. The number of guanidine groups is 1. The van der Waals surface area contributed by atoms with Crippen molar-refractivity contribution in [2.45, 2.75) is 63.7 Å². The lowest BCUT2D eigenvalue weighted by Gasteiger charge is -2.35. The highest BCUT2D eigenvalue weighted by Crippen LogP contribution is 2.36. The van der Waals surface area contributed by atoms with Crippen LogP contribution in [0.3, 0.4) is 0 Å². The summed E-state index contributed by atoms with van der Waals surface area (Å²) in [6.07, 6.45) is 3.20. The third kappa shape index (κ3) is 7.60. The van der Waals surface area contributed by atoms with Crippen molar-refractivity contribution in [1.29, 1.82) is 0 Å². The zero-order valence-corrected chi connectivity index (χ0v) is 21.4. The van der Waals surface area contributed by atoms with Gasteiger partial charge >= 0.3 is 0 Å². The lowest BCUT2D eigenvalue weighted by molar-refractivity contribution is -0.0705. The van der Waals surface area contributed by atoms with E-state index >= 15 is 0 Å². The normalized spacial score (nSPS) is 28.1. The number of ether oxygens (including phenoxy) is 1. The molecule has 2 aliphatic heterocycles. The van der Waals surface area contributed by atoms with Crippen LogP contribution in [0, 0.1) is 0 Å². The number of aliphatic imine (C=N–C) groups is 1. The standard InChI is InChI=1S/C22H36N4OS.HI/c1-17-13-26(14-18(2)27-17)15-20-9-6-5-8-19(20)12-24-21(23-4)25-16-22(3)10-7-11-28-22;/h5-6,8-9,17-18H,7,10-16H2,1-4H3,(H2,23,24,25);1H. The third-order valence-corrected chi connectivity index (χ3v) is 7.15. The van der Waals surface area contributed by atoms with Gasteiger partial charge in [-0.1, -0.05) is 24.3 Å². The molecule has 7 heteroatoms. The molecule has 2 saturated heterocycles. The Morgan fingerprint density at radius 1 is 1.21 bits per heavy atom. The van der Waals surface area contributed by atoms with Gasteiger partial charge in [0.25, 0.3) is 0 Å². The number of nitrogens with zero attached hydrogens (tertiary/aromatic N) is 2. The first-order valence-corrected chi connectivity index (χ1v) is 11.5. The Hall–Kier alpha value is -0.510. The van der Waals surface area contributed by atoms with E-state index in [-0.39, 0.29) is 24.0 Å². The minimum absolute atomic E-state index is 0. The summed E-state index contributed by atoms with van der Waals surface area (Å²) in [6, 6.07) is 8.72. The van der Waals surface area contributed by atoms with Crippen molar-refractivity contribution in [3.63, 3.8) is 0 Å². The molecule has 1 aromatic carbocycles. The summed E-state index contributed by atoms with van der Waals surface area (Å²) in [5.74, 6) is 2.16. The maximum Gasteiger partial charge on any atom is 0.191 e. The molecule has 1 aromatic rings. The first-order valence-electron chi connectivity index (χ1n) is 10.5. The molecule has 0 saturated carbocycles. The molecule has 0 spiro atoms. The Kier molecular flexibility index (Phi) is 10.0. The first kappa shape index (κ1) is 24.8. The zero-order chi connectivity index (χ0) is 20.0. The number of halogens is 1. The van der Waals surface area contributed by atoms with Gasteiger partial charge in [-0.15, -0.1) is 24.0 Å². The molecular formula is C22H37IN4OS. The third-order valence-electron chi connectivity index (χ3n) is 5.61. The number of benzene rings is 1. The van der Waals surface area contributed by atoms with Crippen LogP contribution in [-0.2, 0) is 17.8 Å². The highest BCUT2D eigenvalue weighted by atomic mass is 127. The Labute approximate surface area is 197 Å². The van der Waals surface area contributed by atoms with E-state index in [4.69, 9.17) is 4.74 Å². The summed E-state index contributed by atoms with van der Waals surface area (Å²) >= 11 is 2.07. The lowest BCUT2D eigenvalue weighted by atomic mass is 10.1. The Morgan fingerprint density at radius 3 is 2.52 bits per heavy atom. The zero-order valence-electron chi connectivity index (χ0n) is 18.2. The number of rotatable bonds is 6. The van der Waals surface area contributed by atoms with E-state index < -0.39 is 0 Å². The van der Waals surface area contributed by atoms with Crippen molar-refractivity contribution in [3.8, 4) is 0 Å². The fourth-order valence-corrected chi connectivity index (χ4v) is 5.43. The molecule has 0 radical (unpaired) electrons. The average molecular weight is 533 g/mol. The summed E-state index contributed by atoms with van der Waals surface area (Å²) in [7, 11) is 1.85. The number of hydrogen-bond donors (Lipinski definition) is 2. The fraction of sp³-hybridized carbons (Fsp3) is 0.682. The van der Waals surface area contributed by atoms with Crippen LogP contribution in [-0.4, -0.2) is 60.2 Å². The molecule has 2 N–H and O–H groups in total. The highest BCUT2D eigenvalue weighted by Gasteiger charge is 2.29. The van der Waals surface area contributed by atoms with Gasteiger partial charge in [0.2, 0.25) is 0 Å². The van der Waals surface area contributed by atoms with Gasteiger partial charge in [-0.25, -0.2) is 0 Å². The van der Waals surface area contributed by atoms with Crippen molar-refractivity contribution in [3.05, 3.63) is 35.4 Å². The topological polar surface area (TPSA) is 48.9 Å². The second-order valence-corrected chi connectivity index (χ2v) is 10.1. The highest BCUT2D eigenvalue weighted by molar-refractivity contribution is 14.0. The molecular weight excluding hydrogens is 495 g/mol. The number of thioether (sulfide) groups is 1. The monoisotopic (exact) mass is 532 g/mol. The van der Waals surface area contributed by atoms with Crippen LogP contribution in [0.4, 0.5) is 0 Å². The molecule has 0 amide bonds. The van der Waals surface area contributed by atoms with E-state index in [1.165, 1.54) is 29.7 Å². The molecule has 164 valence electrons. The molecule has 3 rings (SSSR count). The van der Waals surface area contributed by atoms with E-state index in [0.29, 0.717) is 17.0 Å². The van der Waals surface area contributed by atoms with Gasteiger partial charge < -0.3 is 15.4 Å². The van der Waals surface area contributed by atoms with Crippen LogP contribution >= 0.6 is 35.7 Å². The summed E-state index contributed by atoms with van der Waals surface area (Å²) < 4.78 is 6.21. The van der Waals surface area contributed by atoms with Gasteiger partial charge in [0.05, 0.1) is 12.2 Å². The first-order chi connectivity index (χ1) is 13.5. The molecule has 2 heterocycles. The Balaban J connectivity index is 0.00000300. The van der Waals surface area contributed by atoms with Crippen molar-refractivity contribution in [2.75, 3.05) is 32.4 Å². The minimum Gasteiger partial charge on any atom is -0.373 e. The summed E-state index contributed by atoms with van der Waals surface area (Å²) in [4.78, 5) is 6.92. The maximum atomic E-state index is 5.88. The smallest absolute Gasteiger partial charge is 0.191 e. The SMILES string of the molecule is CN=C(NCc1ccccc1CN1CC(C)OC(C)C1)NCC1(C)CCCS1.I. The van der Waals surface area contributed by atoms with E-state index in [0.717, 1.165) is 38.7 Å². The van der Waals surface area contributed by atoms with Gasteiger partial charge in [-0.2, -0.15) is 11.8 Å². The van der Waals surface area contributed by atoms with Gasteiger partial charge in [0.15, 0.2) is 5.96 Å². The molecule has 2 aliphatic rings. The molecule has 0 bridgehead atoms. The molecule has 3 unspecified atom stereocenters. The second-order valence-electron chi connectivity index (χ2n) is 8.40. The minimum atomic E-state index is 0. The van der Waals surface area contributed by atoms with Crippen molar-refractivity contribution < 1.29 is 4.74 Å². The van der Waals surface area contributed by atoms with Crippen molar-refractivity contribution in [1.82, 2.24) is 15.5 Å². The van der Waals surface area contributed by atoms with Crippen LogP contribution < -0.4 is 10.6 Å². The van der Waals surface area contributed by atoms with E-state index in [2.05, 4.69) is 77.3 Å². The van der Waals surface area contributed by atoms with Gasteiger partial charge in [-0.05, 0) is 50.5 Å². The molecule has 0 aromatic heterocycles. The molecule has 0 aliphatic carbocycles. The van der Waals surface area contributed by atoms with Crippen LogP contribution in [0.15, 0.2) is 29.3 Å². The lowest BCUT2D eigenvalue weighted by Crippen LogP contribution is -2.45. The van der Waals surface area contributed by atoms with Gasteiger partial charge in [0.1, 0.15) is 0 Å². The average Bonchev–Trinajstić information content (AvgIpc) is 3.09. The second kappa shape index (κ2) is 11.8. The van der Waals surface area contributed by atoms with Crippen molar-refractivity contribution >= 4 is 41.7 Å². The van der Waals surface area contributed by atoms with Crippen LogP contribution in [0.5, 0.6) is 0 Å². The quantitative estimate of drug-likeness (QED) is 0.331. The summed E-state index contributed by atoms with van der Waals surface area (Å²) in [6.45, 7) is 11.4. The fourth-order valence-electron chi connectivity index (χ4n) is 4.19. The van der Waals surface area contributed by atoms with Crippen LogP contribution in [0.1, 0.15) is 44.7 Å². The maximum absolute atomic E-state index is 5.88. The van der Waals surface area contributed by atoms with E-state index in [1.54, 1.807) is 0 Å². The molecule has 29 heavy (non-hydrogen) atoms. The number of morpholine rings is 1.